The molecular weight excluding hydrogens is 72.1 g/mol. The van der Waals surface area contributed by atoms with Crippen molar-refractivity contribution < 1.29 is 0 Å². The van der Waals surface area contributed by atoms with Gasteiger partial charge in [-0.1, -0.05) is 27.7 Å². The standard InChI is InChI=1S/C6H13/c1-5(2)6(3)4/h5-6H,1H2,2-4H3/t5-/m1/s1. The molecule has 0 bridgehead atoms. The van der Waals surface area contributed by atoms with E-state index in [0.717, 1.165) is 5.92 Å². The summed E-state index contributed by atoms with van der Waals surface area (Å²) in [5, 5.41) is 0. The molecule has 0 unspecified atom stereocenters. The van der Waals surface area contributed by atoms with Gasteiger partial charge in [-0.15, -0.1) is 0 Å². The number of rotatable bonds is 1. The van der Waals surface area contributed by atoms with E-state index in [2.05, 4.69) is 27.7 Å². The van der Waals surface area contributed by atoms with Crippen molar-refractivity contribution in [1.82, 2.24) is 0 Å². The fraction of sp³-hybridized carbons (Fsp3) is 0.833. The third-order valence-electron chi connectivity index (χ3n) is 1.14. The van der Waals surface area contributed by atoms with Crippen molar-refractivity contribution in [3.8, 4) is 0 Å². The SMILES string of the molecule is [CH2][C@H](C)C(C)C. The van der Waals surface area contributed by atoms with Crippen molar-refractivity contribution in [3.63, 3.8) is 0 Å². The zero-order valence-electron chi connectivity index (χ0n) is 4.86. The summed E-state index contributed by atoms with van der Waals surface area (Å²) in [6, 6.07) is 0. The Hall–Kier alpha value is 0. The van der Waals surface area contributed by atoms with Gasteiger partial charge >= 0.3 is 0 Å². The Morgan fingerprint density at radius 1 is 1.17 bits per heavy atom. The lowest BCUT2D eigenvalue weighted by Crippen LogP contribution is -1.96. The summed E-state index contributed by atoms with van der Waals surface area (Å²) in [6.07, 6.45) is 0. The van der Waals surface area contributed by atoms with Gasteiger partial charge in [0.05, 0.1) is 0 Å². The van der Waals surface area contributed by atoms with E-state index in [1.54, 1.807) is 0 Å². The minimum atomic E-state index is 0.602. The molecule has 37 valence electrons. The van der Waals surface area contributed by atoms with E-state index in [-0.39, 0.29) is 0 Å². The molecule has 0 aromatic carbocycles. The molecule has 6 heavy (non-hydrogen) atoms. The summed E-state index contributed by atoms with van der Waals surface area (Å²) in [7, 11) is 0. The maximum atomic E-state index is 3.84. The summed E-state index contributed by atoms with van der Waals surface area (Å²) in [6.45, 7) is 10.3. The highest BCUT2D eigenvalue weighted by atomic mass is 14.0. The van der Waals surface area contributed by atoms with Crippen LogP contribution >= 0.6 is 0 Å². The molecule has 0 saturated heterocycles. The number of hydrogen-bond donors (Lipinski definition) is 0. The van der Waals surface area contributed by atoms with Crippen LogP contribution in [0.15, 0.2) is 0 Å². The minimum absolute atomic E-state index is 0.602. The molecule has 1 atom stereocenters. The largest absolute Gasteiger partial charge is 0.0625 e. The normalized spacial score (nSPS) is 11.0. The van der Waals surface area contributed by atoms with E-state index in [0.29, 0.717) is 5.92 Å². The van der Waals surface area contributed by atoms with Gasteiger partial charge in [0.1, 0.15) is 0 Å². The van der Waals surface area contributed by atoms with Crippen LogP contribution in [0, 0.1) is 18.8 Å². The molecule has 0 amide bonds. The molecular formula is C6H13. The average molecular weight is 85.2 g/mol. The Balaban J connectivity index is 2.99. The maximum Gasteiger partial charge on any atom is -0.0420 e. The first kappa shape index (κ1) is 6.00. The summed E-state index contributed by atoms with van der Waals surface area (Å²) < 4.78 is 0. The second kappa shape index (κ2) is 2.22. The lowest BCUT2D eigenvalue weighted by molar-refractivity contribution is 0.501. The molecule has 0 heteroatoms. The summed E-state index contributed by atoms with van der Waals surface area (Å²) >= 11 is 0. The maximum absolute atomic E-state index is 3.84. The van der Waals surface area contributed by atoms with E-state index in [9.17, 15) is 0 Å². The zero-order valence-corrected chi connectivity index (χ0v) is 4.86. The Kier molecular flexibility index (Phi) is 2.22. The predicted molar refractivity (Wildman–Crippen MR) is 29.4 cm³/mol. The molecule has 0 saturated carbocycles. The van der Waals surface area contributed by atoms with Gasteiger partial charge < -0.3 is 0 Å². The van der Waals surface area contributed by atoms with Crippen molar-refractivity contribution in [2.24, 2.45) is 11.8 Å². The second-order valence-corrected chi connectivity index (χ2v) is 2.22. The summed E-state index contributed by atoms with van der Waals surface area (Å²) in [5.41, 5.74) is 0. The smallest absolute Gasteiger partial charge is 0.0420 e. The van der Waals surface area contributed by atoms with Crippen LogP contribution in [0.4, 0.5) is 0 Å². The highest BCUT2D eigenvalue weighted by molar-refractivity contribution is 4.56. The lowest BCUT2D eigenvalue weighted by Gasteiger charge is -2.05. The average Bonchev–Trinajstić information content (AvgIpc) is 1.36. The van der Waals surface area contributed by atoms with Gasteiger partial charge in [0, 0.05) is 0 Å². The fourth-order valence-corrected chi connectivity index (χ4v) is 0. The lowest BCUT2D eigenvalue weighted by atomic mass is 10.0. The van der Waals surface area contributed by atoms with Crippen LogP contribution in [0.2, 0.25) is 0 Å². The molecule has 0 aromatic heterocycles. The van der Waals surface area contributed by atoms with E-state index < -0.39 is 0 Å². The van der Waals surface area contributed by atoms with Gasteiger partial charge in [0.25, 0.3) is 0 Å². The zero-order chi connectivity index (χ0) is 5.15. The predicted octanol–water partition coefficient (Wildman–Crippen LogP) is 2.11. The highest BCUT2D eigenvalue weighted by Gasteiger charge is 1.95. The molecule has 0 rings (SSSR count). The molecule has 0 fully saturated rings. The van der Waals surface area contributed by atoms with E-state index in [4.69, 9.17) is 0 Å². The Morgan fingerprint density at radius 3 is 1.33 bits per heavy atom. The van der Waals surface area contributed by atoms with Gasteiger partial charge in [-0.25, -0.2) is 0 Å². The topological polar surface area (TPSA) is 0 Å². The third-order valence-corrected chi connectivity index (χ3v) is 1.14. The van der Waals surface area contributed by atoms with E-state index in [1.165, 1.54) is 0 Å². The fourth-order valence-electron chi connectivity index (χ4n) is 0. The summed E-state index contributed by atoms with van der Waals surface area (Å²) in [5.74, 6) is 1.34. The van der Waals surface area contributed by atoms with Crippen LogP contribution in [0.5, 0.6) is 0 Å². The second-order valence-electron chi connectivity index (χ2n) is 2.22. The van der Waals surface area contributed by atoms with Crippen molar-refractivity contribution in [2.75, 3.05) is 0 Å². The van der Waals surface area contributed by atoms with Crippen LogP contribution in [0.1, 0.15) is 20.8 Å². The first-order valence-electron chi connectivity index (χ1n) is 2.47. The molecule has 0 aliphatic carbocycles. The molecule has 0 N–H and O–H groups in total. The van der Waals surface area contributed by atoms with E-state index in [1.807, 2.05) is 0 Å². The monoisotopic (exact) mass is 85.1 g/mol. The molecule has 0 aliphatic heterocycles. The van der Waals surface area contributed by atoms with Crippen LogP contribution < -0.4 is 0 Å². The quantitative estimate of drug-likeness (QED) is 0.457. The first-order chi connectivity index (χ1) is 2.64. The van der Waals surface area contributed by atoms with Crippen molar-refractivity contribution in [3.05, 3.63) is 6.92 Å². The van der Waals surface area contributed by atoms with Crippen LogP contribution in [0.25, 0.3) is 0 Å². The Labute approximate surface area is 40.6 Å². The molecule has 1 radical (unpaired) electrons. The van der Waals surface area contributed by atoms with Gasteiger partial charge in [-0.2, -0.15) is 0 Å². The van der Waals surface area contributed by atoms with Crippen LogP contribution in [0.3, 0.4) is 0 Å². The summed E-state index contributed by atoms with van der Waals surface area (Å²) in [4.78, 5) is 0. The van der Waals surface area contributed by atoms with E-state index >= 15 is 0 Å². The Bertz CT molecular complexity index is 21.0. The molecule has 0 aromatic rings. The first-order valence-corrected chi connectivity index (χ1v) is 2.47. The van der Waals surface area contributed by atoms with Gasteiger partial charge in [0.2, 0.25) is 0 Å². The van der Waals surface area contributed by atoms with Crippen molar-refractivity contribution >= 4 is 0 Å². The van der Waals surface area contributed by atoms with Crippen LogP contribution in [-0.4, -0.2) is 0 Å². The van der Waals surface area contributed by atoms with Gasteiger partial charge in [-0.05, 0) is 11.8 Å². The van der Waals surface area contributed by atoms with Gasteiger partial charge in [0.15, 0.2) is 0 Å². The third kappa shape index (κ3) is 2.25. The molecule has 0 aliphatic rings. The molecule has 0 heterocycles. The van der Waals surface area contributed by atoms with Crippen molar-refractivity contribution in [1.29, 1.82) is 0 Å². The minimum Gasteiger partial charge on any atom is -0.0625 e. The van der Waals surface area contributed by atoms with Crippen molar-refractivity contribution in [2.45, 2.75) is 20.8 Å². The van der Waals surface area contributed by atoms with Crippen LogP contribution in [-0.2, 0) is 0 Å². The number of hydrogen-bond acceptors (Lipinski definition) is 0. The Morgan fingerprint density at radius 2 is 1.33 bits per heavy atom. The highest BCUT2D eigenvalue weighted by Crippen LogP contribution is 2.05. The van der Waals surface area contributed by atoms with Gasteiger partial charge in [-0.3, -0.25) is 0 Å². The molecule has 0 spiro atoms. The molecule has 0 nitrogen and oxygen atoms in total.